The molecule has 0 bridgehead atoms. The van der Waals surface area contributed by atoms with Crippen molar-refractivity contribution in [2.24, 2.45) is 0 Å². The molecule has 5 nitrogen and oxygen atoms in total. The quantitative estimate of drug-likeness (QED) is 0.747. The maximum Gasteiger partial charge on any atom is 0.240 e. The van der Waals surface area contributed by atoms with Crippen LogP contribution in [0, 0.1) is 6.92 Å². The van der Waals surface area contributed by atoms with Crippen LogP contribution in [0.3, 0.4) is 0 Å². The van der Waals surface area contributed by atoms with Crippen LogP contribution in [-0.2, 0) is 10.0 Å². The molecular formula is C13H20N2O3S. The molecule has 0 amide bonds. The molecule has 1 saturated heterocycles. The topological polar surface area (TPSA) is 78.4 Å². The molecule has 0 saturated carbocycles. The van der Waals surface area contributed by atoms with Gasteiger partial charge in [-0.3, -0.25) is 0 Å². The Morgan fingerprint density at radius 3 is 2.79 bits per heavy atom. The van der Waals surface area contributed by atoms with E-state index in [0.29, 0.717) is 18.5 Å². The lowest BCUT2D eigenvalue weighted by atomic mass is 9.95. The van der Waals surface area contributed by atoms with Gasteiger partial charge in [-0.2, -0.15) is 0 Å². The van der Waals surface area contributed by atoms with Crippen molar-refractivity contribution in [3.05, 3.63) is 29.8 Å². The first kappa shape index (κ1) is 14.5. The summed E-state index contributed by atoms with van der Waals surface area (Å²) in [4.78, 5) is 0.266. The van der Waals surface area contributed by atoms with Crippen molar-refractivity contribution < 1.29 is 13.5 Å². The normalized spacial score (nSPS) is 24.3. The van der Waals surface area contributed by atoms with E-state index >= 15 is 0 Å². The lowest BCUT2D eigenvalue weighted by Gasteiger charge is -2.32. The van der Waals surface area contributed by atoms with Gasteiger partial charge in [0, 0.05) is 13.1 Å². The fraction of sp³-hybridized carbons (Fsp3) is 0.538. The third-order valence-corrected chi connectivity index (χ3v) is 4.99. The summed E-state index contributed by atoms with van der Waals surface area (Å²) in [6.45, 7) is 3.08. The minimum atomic E-state index is -3.57. The molecule has 6 heteroatoms. The van der Waals surface area contributed by atoms with Gasteiger partial charge in [0.25, 0.3) is 0 Å². The number of aryl methyl sites for hydroxylation is 1. The first-order valence-corrected chi connectivity index (χ1v) is 7.90. The number of nitrogens with one attached hydrogen (secondary N) is 2. The Morgan fingerprint density at radius 1 is 1.42 bits per heavy atom. The SMILES string of the molecule is Cc1ccccc1S(=O)(=O)NC[C@@]1(O)CCCNC1. The number of rotatable bonds is 4. The molecular weight excluding hydrogens is 264 g/mol. The summed E-state index contributed by atoms with van der Waals surface area (Å²) >= 11 is 0. The Morgan fingerprint density at radius 2 is 2.16 bits per heavy atom. The van der Waals surface area contributed by atoms with Gasteiger partial charge in [-0.25, -0.2) is 13.1 Å². The summed E-state index contributed by atoms with van der Waals surface area (Å²) in [5, 5.41) is 13.3. The van der Waals surface area contributed by atoms with Gasteiger partial charge in [-0.15, -0.1) is 0 Å². The van der Waals surface area contributed by atoms with Crippen molar-refractivity contribution in [1.82, 2.24) is 10.0 Å². The number of hydrogen-bond acceptors (Lipinski definition) is 4. The molecule has 106 valence electrons. The van der Waals surface area contributed by atoms with Crippen molar-refractivity contribution in [3.8, 4) is 0 Å². The van der Waals surface area contributed by atoms with E-state index < -0.39 is 15.6 Å². The van der Waals surface area contributed by atoms with Crippen LogP contribution in [0.4, 0.5) is 0 Å². The van der Waals surface area contributed by atoms with E-state index in [1.54, 1.807) is 31.2 Å². The van der Waals surface area contributed by atoms with Gasteiger partial charge >= 0.3 is 0 Å². The summed E-state index contributed by atoms with van der Waals surface area (Å²) in [5.74, 6) is 0. The molecule has 1 aromatic carbocycles. The summed E-state index contributed by atoms with van der Waals surface area (Å²) in [6, 6.07) is 6.82. The summed E-state index contributed by atoms with van der Waals surface area (Å²) < 4.78 is 26.9. The van der Waals surface area contributed by atoms with E-state index in [4.69, 9.17) is 0 Å². The number of hydrogen-bond donors (Lipinski definition) is 3. The minimum Gasteiger partial charge on any atom is -0.387 e. The van der Waals surface area contributed by atoms with Crippen LogP contribution in [0.1, 0.15) is 18.4 Å². The highest BCUT2D eigenvalue weighted by Gasteiger charge is 2.31. The number of piperidine rings is 1. The highest BCUT2D eigenvalue weighted by molar-refractivity contribution is 7.89. The van der Waals surface area contributed by atoms with Crippen molar-refractivity contribution in [2.45, 2.75) is 30.3 Å². The summed E-state index contributed by atoms with van der Waals surface area (Å²) in [5.41, 5.74) is -0.294. The first-order valence-electron chi connectivity index (χ1n) is 6.41. The van der Waals surface area contributed by atoms with Gasteiger partial charge in [-0.05, 0) is 37.9 Å². The standard InChI is InChI=1S/C13H20N2O3S/c1-11-5-2-3-6-12(11)19(17,18)15-10-13(16)7-4-8-14-9-13/h2-3,5-6,14-16H,4,7-10H2,1H3/t13-/m1/s1. The van der Waals surface area contributed by atoms with Crippen LogP contribution in [-0.4, -0.2) is 38.8 Å². The summed E-state index contributed by atoms with van der Waals surface area (Å²) in [7, 11) is -3.57. The van der Waals surface area contributed by atoms with Crippen LogP contribution in [0.25, 0.3) is 0 Å². The second kappa shape index (κ2) is 5.58. The van der Waals surface area contributed by atoms with Crippen molar-refractivity contribution >= 4 is 10.0 Å². The molecule has 2 rings (SSSR count). The van der Waals surface area contributed by atoms with Crippen molar-refractivity contribution in [3.63, 3.8) is 0 Å². The smallest absolute Gasteiger partial charge is 0.240 e. The highest BCUT2D eigenvalue weighted by atomic mass is 32.2. The second-order valence-electron chi connectivity index (χ2n) is 5.09. The fourth-order valence-electron chi connectivity index (χ4n) is 2.27. The molecule has 19 heavy (non-hydrogen) atoms. The van der Waals surface area contributed by atoms with Gasteiger partial charge in [0.05, 0.1) is 10.5 Å². The van der Waals surface area contributed by atoms with Gasteiger partial charge in [0.15, 0.2) is 0 Å². The average molecular weight is 284 g/mol. The van der Waals surface area contributed by atoms with E-state index in [2.05, 4.69) is 10.0 Å². The van der Waals surface area contributed by atoms with Crippen LogP contribution < -0.4 is 10.0 Å². The van der Waals surface area contributed by atoms with E-state index in [1.165, 1.54) is 0 Å². The molecule has 1 atom stereocenters. The molecule has 1 aromatic rings. The average Bonchev–Trinajstić information content (AvgIpc) is 2.38. The third-order valence-electron chi connectivity index (χ3n) is 3.42. The molecule has 1 aliphatic rings. The predicted octanol–water partition coefficient (Wildman–Crippen LogP) is 0.388. The zero-order valence-electron chi connectivity index (χ0n) is 11.0. The van der Waals surface area contributed by atoms with Gasteiger partial charge < -0.3 is 10.4 Å². The molecule has 0 radical (unpaired) electrons. The molecule has 3 N–H and O–H groups in total. The number of sulfonamides is 1. The van der Waals surface area contributed by atoms with Gasteiger partial charge in [-0.1, -0.05) is 18.2 Å². The maximum atomic E-state index is 12.2. The molecule has 0 unspecified atom stereocenters. The second-order valence-corrected chi connectivity index (χ2v) is 6.83. The molecule has 0 spiro atoms. The van der Waals surface area contributed by atoms with Crippen molar-refractivity contribution in [2.75, 3.05) is 19.6 Å². The lowest BCUT2D eigenvalue weighted by Crippen LogP contribution is -2.52. The van der Waals surface area contributed by atoms with Crippen LogP contribution in [0.15, 0.2) is 29.2 Å². The maximum absolute atomic E-state index is 12.2. The monoisotopic (exact) mass is 284 g/mol. The number of β-amino-alcohol motifs (C(OH)–C–C–N with tert-alkyl or cyclic N) is 1. The van der Waals surface area contributed by atoms with Crippen LogP contribution in [0.5, 0.6) is 0 Å². The molecule has 1 fully saturated rings. The van der Waals surface area contributed by atoms with Gasteiger partial charge in [0.1, 0.15) is 0 Å². The van der Waals surface area contributed by atoms with Crippen LogP contribution >= 0.6 is 0 Å². The highest BCUT2D eigenvalue weighted by Crippen LogP contribution is 2.18. The Labute approximate surface area is 114 Å². The Kier molecular flexibility index (Phi) is 4.25. The van der Waals surface area contributed by atoms with E-state index in [1.807, 2.05) is 0 Å². The third kappa shape index (κ3) is 3.54. The van der Waals surface area contributed by atoms with Gasteiger partial charge in [0.2, 0.25) is 10.0 Å². The molecule has 0 aliphatic carbocycles. The molecule has 1 heterocycles. The fourth-order valence-corrected chi connectivity index (χ4v) is 3.63. The number of aliphatic hydroxyl groups is 1. The van der Waals surface area contributed by atoms with Crippen LogP contribution in [0.2, 0.25) is 0 Å². The Bertz CT molecular complexity index is 537. The molecule has 0 aromatic heterocycles. The van der Waals surface area contributed by atoms with E-state index in [0.717, 1.165) is 13.0 Å². The zero-order valence-corrected chi connectivity index (χ0v) is 11.8. The Balaban J connectivity index is 2.08. The van der Waals surface area contributed by atoms with Crippen molar-refractivity contribution in [1.29, 1.82) is 0 Å². The lowest BCUT2D eigenvalue weighted by molar-refractivity contribution is 0.0218. The molecule has 1 aliphatic heterocycles. The van der Waals surface area contributed by atoms with E-state index in [9.17, 15) is 13.5 Å². The zero-order chi connectivity index (χ0) is 13.9. The van der Waals surface area contributed by atoms with E-state index in [-0.39, 0.29) is 11.4 Å². The number of benzene rings is 1. The Hall–Kier alpha value is -0.950. The largest absolute Gasteiger partial charge is 0.387 e. The minimum absolute atomic E-state index is 0.0384. The predicted molar refractivity (Wildman–Crippen MR) is 73.4 cm³/mol. The summed E-state index contributed by atoms with van der Waals surface area (Å²) in [6.07, 6.45) is 1.46. The first-order chi connectivity index (χ1) is 8.93.